The summed E-state index contributed by atoms with van der Waals surface area (Å²) in [5.74, 6) is 0.349. The fraction of sp³-hybridized carbons (Fsp3) is 0.621. The van der Waals surface area contributed by atoms with Gasteiger partial charge in [-0.3, -0.25) is 9.00 Å². The standard InChI is InChI=1S/C29H42N2O5S/c1-20-23(27(32)30-19-29(33)12-14-36-15-13-29)17-25(31(20)18-21-8-6-5-7-9-21)22-10-11-26(37(34)35)24(16-22)28(2,3)4/h10-11,16-17,21,33H,5-9,12-15,18-19H2,1-4H3,(H,30,32)(H,34,35)/p-1. The lowest BCUT2D eigenvalue weighted by molar-refractivity contribution is -0.0605. The number of carbonyl (C=O) groups excluding carboxylic acids is 1. The molecule has 1 aliphatic carbocycles. The number of aromatic nitrogens is 1. The van der Waals surface area contributed by atoms with Crippen LogP contribution < -0.4 is 5.32 Å². The van der Waals surface area contributed by atoms with Gasteiger partial charge in [0.15, 0.2) is 0 Å². The van der Waals surface area contributed by atoms with Gasteiger partial charge in [-0.15, -0.1) is 0 Å². The number of hydrogen-bond donors (Lipinski definition) is 2. The number of nitrogens with one attached hydrogen (secondary N) is 1. The smallest absolute Gasteiger partial charge is 0.253 e. The molecule has 4 rings (SSSR count). The molecule has 204 valence electrons. The van der Waals surface area contributed by atoms with E-state index in [0.717, 1.165) is 29.1 Å². The summed E-state index contributed by atoms with van der Waals surface area (Å²) in [7, 11) is 0. The summed E-state index contributed by atoms with van der Waals surface area (Å²) < 4.78 is 31.5. The third-order valence-electron chi connectivity index (χ3n) is 8.04. The second kappa shape index (κ2) is 11.4. The zero-order valence-electron chi connectivity index (χ0n) is 22.6. The third kappa shape index (κ3) is 6.53. The fourth-order valence-electron chi connectivity index (χ4n) is 5.67. The predicted octanol–water partition coefficient (Wildman–Crippen LogP) is 4.85. The zero-order chi connectivity index (χ0) is 26.8. The first-order chi connectivity index (χ1) is 17.5. The van der Waals surface area contributed by atoms with Crippen molar-refractivity contribution in [2.45, 2.75) is 95.1 Å². The minimum Gasteiger partial charge on any atom is -0.768 e. The maximum Gasteiger partial charge on any atom is 0.253 e. The summed E-state index contributed by atoms with van der Waals surface area (Å²) in [5, 5.41) is 13.8. The number of aliphatic hydroxyl groups is 1. The number of rotatable bonds is 7. The Morgan fingerprint density at radius 2 is 1.86 bits per heavy atom. The van der Waals surface area contributed by atoms with Crippen LogP contribution in [-0.4, -0.2) is 49.7 Å². The van der Waals surface area contributed by atoms with E-state index in [4.69, 9.17) is 4.74 Å². The largest absolute Gasteiger partial charge is 0.768 e. The van der Waals surface area contributed by atoms with Gasteiger partial charge in [0.1, 0.15) is 0 Å². The van der Waals surface area contributed by atoms with Crippen LogP contribution in [0.25, 0.3) is 11.3 Å². The molecule has 37 heavy (non-hydrogen) atoms. The first-order valence-corrected chi connectivity index (χ1v) is 14.6. The van der Waals surface area contributed by atoms with Gasteiger partial charge in [0.05, 0.1) is 11.2 Å². The number of carbonyl (C=O) groups is 1. The Hall–Kier alpha value is -2.00. The number of hydrogen-bond acceptors (Lipinski definition) is 5. The molecule has 1 saturated carbocycles. The van der Waals surface area contributed by atoms with Gasteiger partial charge in [-0.2, -0.15) is 0 Å². The van der Waals surface area contributed by atoms with Crippen molar-refractivity contribution in [1.29, 1.82) is 0 Å². The van der Waals surface area contributed by atoms with Gasteiger partial charge in [0.25, 0.3) is 5.91 Å². The molecule has 2 aliphatic rings. The highest BCUT2D eigenvalue weighted by molar-refractivity contribution is 7.79. The first kappa shape index (κ1) is 28.0. The molecule has 0 bridgehead atoms. The van der Waals surface area contributed by atoms with E-state index < -0.39 is 16.7 Å². The maximum atomic E-state index is 13.4. The molecule has 2 heterocycles. The molecule has 8 heteroatoms. The van der Waals surface area contributed by atoms with E-state index in [9.17, 15) is 18.7 Å². The molecule has 2 fully saturated rings. The number of nitrogens with zero attached hydrogens (tertiary/aromatic N) is 1. The Morgan fingerprint density at radius 1 is 1.19 bits per heavy atom. The van der Waals surface area contributed by atoms with Gasteiger partial charge < -0.3 is 24.3 Å². The Morgan fingerprint density at radius 3 is 2.49 bits per heavy atom. The molecule has 1 atom stereocenters. The maximum absolute atomic E-state index is 13.4. The summed E-state index contributed by atoms with van der Waals surface area (Å²) in [5.41, 5.74) is 2.77. The van der Waals surface area contributed by atoms with Crippen LogP contribution >= 0.6 is 0 Å². The number of benzene rings is 1. The Bertz CT molecular complexity index is 1140. The van der Waals surface area contributed by atoms with Crippen molar-refractivity contribution in [3.63, 3.8) is 0 Å². The van der Waals surface area contributed by atoms with Gasteiger partial charge >= 0.3 is 0 Å². The molecule has 0 radical (unpaired) electrons. The average Bonchev–Trinajstić information content (AvgIpc) is 3.18. The SMILES string of the molecule is Cc1c(C(=O)NCC2(O)CCOCC2)cc(-c2ccc(S(=O)[O-])c(C(C)(C)C)c2)n1CC1CCCCC1. The van der Waals surface area contributed by atoms with Crippen LogP contribution in [-0.2, 0) is 27.8 Å². The van der Waals surface area contributed by atoms with E-state index >= 15 is 0 Å². The molecular weight excluding hydrogens is 488 g/mol. The summed E-state index contributed by atoms with van der Waals surface area (Å²) >= 11 is -2.33. The number of ether oxygens (including phenoxy) is 1. The summed E-state index contributed by atoms with van der Waals surface area (Å²) in [6, 6.07) is 7.41. The van der Waals surface area contributed by atoms with Crippen molar-refractivity contribution in [3.05, 3.63) is 41.1 Å². The van der Waals surface area contributed by atoms with Gasteiger partial charge in [-0.1, -0.05) is 46.1 Å². The van der Waals surface area contributed by atoms with Crippen LogP contribution in [0.2, 0.25) is 0 Å². The molecule has 7 nitrogen and oxygen atoms in total. The minimum absolute atomic E-state index is 0.190. The molecular formula is C29H41N2O5S-. The first-order valence-electron chi connectivity index (χ1n) is 13.5. The Labute approximate surface area is 223 Å². The van der Waals surface area contributed by atoms with E-state index in [-0.39, 0.29) is 17.9 Å². The molecule has 2 aromatic rings. The van der Waals surface area contributed by atoms with Crippen molar-refractivity contribution >= 4 is 17.0 Å². The quantitative estimate of drug-likeness (QED) is 0.499. The second-order valence-corrected chi connectivity index (χ2v) is 12.8. The second-order valence-electron chi connectivity index (χ2n) is 11.9. The molecule has 1 aromatic heterocycles. The van der Waals surface area contributed by atoms with Crippen molar-refractivity contribution in [3.8, 4) is 11.3 Å². The van der Waals surface area contributed by atoms with Crippen LogP contribution in [0.3, 0.4) is 0 Å². The van der Waals surface area contributed by atoms with E-state index in [2.05, 4.69) is 9.88 Å². The topological polar surface area (TPSA) is 104 Å². The minimum atomic E-state index is -2.33. The average molecular weight is 530 g/mol. The van der Waals surface area contributed by atoms with E-state index in [0.29, 0.717) is 42.4 Å². The van der Waals surface area contributed by atoms with Gasteiger partial charge in [-0.25, -0.2) is 0 Å². The predicted molar refractivity (Wildman–Crippen MR) is 144 cm³/mol. The van der Waals surface area contributed by atoms with Crippen LogP contribution in [0.5, 0.6) is 0 Å². The lowest BCUT2D eigenvalue weighted by Gasteiger charge is -2.32. The van der Waals surface area contributed by atoms with Crippen molar-refractivity contribution in [2.75, 3.05) is 19.8 Å². The van der Waals surface area contributed by atoms with Crippen LogP contribution in [0, 0.1) is 12.8 Å². The van der Waals surface area contributed by atoms with E-state index in [1.807, 2.05) is 45.9 Å². The summed E-state index contributed by atoms with van der Waals surface area (Å²) in [6.07, 6.45) is 7.09. The molecule has 1 aromatic carbocycles. The van der Waals surface area contributed by atoms with Crippen LogP contribution in [0.4, 0.5) is 0 Å². The highest BCUT2D eigenvalue weighted by atomic mass is 32.2. The molecule has 1 amide bonds. The van der Waals surface area contributed by atoms with Crippen LogP contribution in [0.1, 0.15) is 87.3 Å². The fourth-order valence-corrected chi connectivity index (χ4v) is 6.39. The third-order valence-corrected chi connectivity index (χ3v) is 8.76. The molecule has 1 aliphatic heterocycles. The zero-order valence-corrected chi connectivity index (χ0v) is 23.4. The van der Waals surface area contributed by atoms with Crippen molar-refractivity contribution in [1.82, 2.24) is 9.88 Å². The van der Waals surface area contributed by atoms with Gasteiger partial charge in [0.2, 0.25) is 0 Å². The normalized spacial score (nSPS) is 19.5. The lowest BCUT2D eigenvalue weighted by atomic mass is 9.85. The molecule has 1 saturated heterocycles. The lowest BCUT2D eigenvalue weighted by Crippen LogP contribution is -2.46. The van der Waals surface area contributed by atoms with E-state index in [1.54, 1.807) is 6.07 Å². The van der Waals surface area contributed by atoms with E-state index in [1.165, 1.54) is 32.1 Å². The summed E-state index contributed by atoms with van der Waals surface area (Å²) in [6.45, 7) is 10.0. The highest BCUT2D eigenvalue weighted by Gasteiger charge is 2.31. The molecule has 2 N–H and O–H groups in total. The van der Waals surface area contributed by atoms with Gasteiger partial charge in [-0.05, 0) is 71.5 Å². The Kier molecular flexibility index (Phi) is 8.63. The summed E-state index contributed by atoms with van der Waals surface area (Å²) in [4.78, 5) is 13.7. The van der Waals surface area contributed by atoms with Crippen molar-refractivity contribution in [2.24, 2.45) is 5.92 Å². The highest BCUT2D eigenvalue weighted by Crippen LogP contribution is 2.35. The van der Waals surface area contributed by atoms with Gasteiger partial charge in [0, 0.05) is 55.4 Å². The Balaban J connectivity index is 1.71. The number of amides is 1. The van der Waals surface area contributed by atoms with Crippen molar-refractivity contribution < 1.29 is 23.4 Å². The monoisotopic (exact) mass is 529 g/mol. The molecule has 0 spiro atoms. The molecule has 1 unspecified atom stereocenters. The van der Waals surface area contributed by atoms with Crippen LogP contribution in [0.15, 0.2) is 29.2 Å².